The molecule has 228 valence electrons. The van der Waals surface area contributed by atoms with Crippen LogP contribution in [0, 0.1) is 18.7 Å². The number of carbonyl (C=O) groups excluding carboxylic acids is 2. The first-order chi connectivity index (χ1) is 20.5. The lowest BCUT2D eigenvalue weighted by Gasteiger charge is -2.41. The summed E-state index contributed by atoms with van der Waals surface area (Å²) in [5.74, 6) is -1.49. The summed E-state index contributed by atoms with van der Waals surface area (Å²) in [7, 11) is 0. The Balaban J connectivity index is 1.46. The summed E-state index contributed by atoms with van der Waals surface area (Å²) in [5.41, 5.74) is 4.63. The monoisotopic (exact) mass is 583 g/mol. The van der Waals surface area contributed by atoms with Crippen molar-refractivity contribution in [2.24, 2.45) is 5.92 Å². The van der Waals surface area contributed by atoms with Gasteiger partial charge in [-0.2, -0.15) is 0 Å². The van der Waals surface area contributed by atoms with E-state index in [1.807, 2.05) is 18.2 Å². The van der Waals surface area contributed by atoms with Gasteiger partial charge in [0.1, 0.15) is 5.82 Å². The zero-order valence-corrected chi connectivity index (χ0v) is 26.3. The molecule has 2 saturated heterocycles. The van der Waals surface area contributed by atoms with Crippen LogP contribution in [-0.4, -0.2) is 40.7 Å². The van der Waals surface area contributed by atoms with Crippen molar-refractivity contribution in [3.05, 3.63) is 100 Å². The Morgan fingerprint density at radius 3 is 2.37 bits per heavy atom. The van der Waals surface area contributed by atoms with Gasteiger partial charge in [-0.15, -0.1) is 0 Å². The first kappa shape index (κ1) is 30.9. The first-order valence-corrected chi connectivity index (χ1v) is 15.8. The largest absolute Gasteiger partial charge is 0.331 e. The van der Waals surface area contributed by atoms with E-state index in [1.54, 1.807) is 24.0 Å². The maximum absolute atomic E-state index is 15.0. The van der Waals surface area contributed by atoms with E-state index < -0.39 is 17.8 Å². The molecule has 2 fully saturated rings. The van der Waals surface area contributed by atoms with E-state index in [1.165, 1.54) is 30.9 Å². The Labute approximate surface area is 256 Å². The smallest absolute Gasteiger partial charge is 0.257 e. The van der Waals surface area contributed by atoms with Crippen LogP contribution in [0.2, 0.25) is 0 Å². The predicted molar refractivity (Wildman–Crippen MR) is 172 cm³/mol. The number of benzene rings is 3. The zero-order valence-electron chi connectivity index (χ0n) is 26.3. The summed E-state index contributed by atoms with van der Waals surface area (Å²) in [5, 5.41) is 3.16. The molecule has 0 aromatic heterocycles. The number of nitrogens with zero attached hydrogens (tertiary/aromatic N) is 2. The summed E-state index contributed by atoms with van der Waals surface area (Å²) in [6, 6.07) is 21.1. The average Bonchev–Trinajstić information content (AvgIpc) is 2.98. The molecule has 0 spiro atoms. The molecule has 43 heavy (non-hydrogen) atoms. The number of halogens is 1. The van der Waals surface area contributed by atoms with Crippen molar-refractivity contribution in [1.29, 1.82) is 0 Å². The normalized spacial score (nSPS) is 21.4. The maximum atomic E-state index is 15.0. The highest BCUT2D eigenvalue weighted by molar-refractivity contribution is 5.98. The third kappa shape index (κ3) is 7.01. The summed E-state index contributed by atoms with van der Waals surface area (Å²) in [6.45, 7) is 13.0. The van der Waals surface area contributed by atoms with Crippen LogP contribution >= 0.6 is 0 Å². The van der Waals surface area contributed by atoms with Gasteiger partial charge >= 0.3 is 0 Å². The lowest BCUT2D eigenvalue weighted by atomic mass is 9.82. The molecular weight excluding hydrogens is 537 g/mol. The van der Waals surface area contributed by atoms with Crippen LogP contribution in [0.3, 0.4) is 0 Å². The molecule has 0 bridgehead atoms. The topological polar surface area (TPSA) is 52.7 Å². The van der Waals surface area contributed by atoms with Crippen molar-refractivity contribution in [3.8, 4) is 0 Å². The van der Waals surface area contributed by atoms with E-state index in [9.17, 15) is 9.59 Å². The number of hydrogen-bond acceptors (Lipinski definition) is 3. The van der Waals surface area contributed by atoms with Crippen LogP contribution in [0.1, 0.15) is 98.5 Å². The Bertz CT molecular complexity index is 1420. The number of aryl methyl sites for hydroxylation is 1. The number of carbonyl (C=O) groups is 2. The fourth-order valence-corrected chi connectivity index (χ4v) is 6.70. The molecule has 3 aromatic rings. The number of rotatable bonds is 6. The second-order valence-electron chi connectivity index (χ2n) is 13.5. The van der Waals surface area contributed by atoms with Crippen molar-refractivity contribution < 1.29 is 14.0 Å². The van der Waals surface area contributed by atoms with Crippen LogP contribution in [0.25, 0.3) is 0 Å². The van der Waals surface area contributed by atoms with Crippen LogP contribution in [0.15, 0.2) is 66.7 Å². The van der Waals surface area contributed by atoms with Crippen molar-refractivity contribution >= 4 is 17.5 Å². The standard InChI is InChI=1S/C37H46FN3O2/c1-25-11-8-16-32(38)33(25)36(43)41-22-10-15-31(35(42)39-30-14-9-13-29(23-30)37(3,4)5)34(41)28-19-17-27(18-20-28)24-40-21-7-6-12-26(40)2/h8-9,11,13-14,16-20,23,26,31,34H,6-7,10,12,15,21-22,24H2,1-5H3,(H,39,42)/t26?,31?,34-/m0/s1. The maximum Gasteiger partial charge on any atom is 0.257 e. The van der Waals surface area contributed by atoms with Crippen molar-refractivity contribution in [3.63, 3.8) is 0 Å². The van der Waals surface area contributed by atoms with Gasteiger partial charge in [0.15, 0.2) is 0 Å². The van der Waals surface area contributed by atoms with E-state index in [4.69, 9.17) is 0 Å². The van der Waals surface area contributed by atoms with Gasteiger partial charge in [0.25, 0.3) is 5.91 Å². The highest BCUT2D eigenvalue weighted by atomic mass is 19.1. The number of piperidine rings is 2. The van der Waals surface area contributed by atoms with Gasteiger partial charge in [-0.25, -0.2) is 4.39 Å². The minimum Gasteiger partial charge on any atom is -0.331 e. The van der Waals surface area contributed by atoms with Crippen LogP contribution < -0.4 is 5.32 Å². The third-order valence-corrected chi connectivity index (χ3v) is 9.31. The van der Waals surface area contributed by atoms with E-state index >= 15 is 4.39 Å². The zero-order chi connectivity index (χ0) is 30.7. The Hall–Kier alpha value is -3.51. The number of amides is 2. The highest BCUT2D eigenvalue weighted by Crippen LogP contribution is 2.39. The van der Waals surface area contributed by atoms with E-state index in [0.717, 1.165) is 29.9 Å². The molecule has 3 aromatic carbocycles. The minimum atomic E-state index is -0.527. The fraction of sp³-hybridized carbons (Fsp3) is 0.459. The summed E-state index contributed by atoms with van der Waals surface area (Å²) in [6.07, 6.45) is 5.05. The minimum absolute atomic E-state index is 0.0529. The molecule has 5 nitrogen and oxygen atoms in total. The number of hydrogen-bond donors (Lipinski definition) is 1. The molecule has 6 heteroatoms. The second-order valence-corrected chi connectivity index (χ2v) is 13.5. The summed E-state index contributed by atoms with van der Waals surface area (Å²) >= 11 is 0. The van der Waals surface area contributed by atoms with Gasteiger partial charge in [-0.05, 0) is 91.9 Å². The molecule has 1 N–H and O–H groups in total. The molecule has 0 aliphatic carbocycles. The summed E-state index contributed by atoms with van der Waals surface area (Å²) in [4.78, 5) is 32.3. The van der Waals surface area contributed by atoms with Crippen molar-refractivity contribution in [1.82, 2.24) is 9.80 Å². The number of nitrogens with one attached hydrogen (secondary N) is 1. The van der Waals surface area contributed by atoms with Gasteiger partial charge in [0.2, 0.25) is 5.91 Å². The van der Waals surface area contributed by atoms with Crippen LogP contribution in [0.5, 0.6) is 0 Å². The highest BCUT2D eigenvalue weighted by Gasteiger charge is 2.40. The molecule has 2 aliphatic heterocycles. The third-order valence-electron chi connectivity index (χ3n) is 9.31. The summed E-state index contributed by atoms with van der Waals surface area (Å²) < 4.78 is 15.0. The molecule has 2 unspecified atom stereocenters. The van der Waals surface area contributed by atoms with Crippen LogP contribution in [0.4, 0.5) is 10.1 Å². The lowest BCUT2D eigenvalue weighted by Crippen LogP contribution is -2.46. The lowest BCUT2D eigenvalue weighted by molar-refractivity contribution is -0.123. The van der Waals surface area contributed by atoms with Crippen molar-refractivity contribution in [2.75, 3.05) is 18.4 Å². The van der Waals surface area contributed by atoms with Crippen molar-refractivity contribution in [2.45, 2.75) is 90.8 Å². The average molecular weight is 584 g/mol. The Morgan fingerprint density at radius 2 is 1.67 bits per heavy atom. The Kier molecular flexibility index (Phi) is 9.36. The first-order valence-electron chi connectivity index (χ1n) is 15.8. The molecule has 2 aliphatic rings. The molecule has 0 saturated carbocycles. The molecule has 2 heterocycles. The van der Waals surface area contributed by atoms with E-state index in [-0.39, 0.29) is 22.8 Å². The predicted octanol–water partition coefficient (Wildman–Crippen LogP) is 8.04. The number of likely N-dealkylation sites (tertiary alicyclic amines) is 2. The van der Waals surface area contributed by atoms with Gasteiger partial charge < -0.3 is 10.2 Å². The van der Waals surface area contributed by atoms with Gasteiger partial charge in [0, 0.05) is 24.8 Å². The van der Waals surface area contributed by atoms with E-state index in [0.29, 0.717) is 31.0 Å². The fourth-order valence-electron chi connectivity index (χ4n) is 6.70. The SMILES string of the molecule is Cc1cccc(F)c1C(=O)N1CCCC(C(=O)Nc2cccc(C(C)(C)C)c2)[C@@H]1c1ccc(CN2CCCCC2C)cc1. The molecule has 0 radical (unpaired) electrons. The number of anilines is 1. The Morgan fingerprint density at radius 1 is 0.930 bits per heavy atom. The second kappa shape index (κ2) is 13.0. The quantitative estimate of drug-likeness (QED) is 0.320. The van der Waals surface area contributed by atoms with Crippen LogP contribution in [-0.2, 0) is 16.8 Å². The van der Waals surface area contributed by atoms with E-state index in [2.05, 4.69) is 68.2 Å². The molecule has 2 amide bonds. The molecule has 3 atom stereocenters. The van der Waals surface area contributed by atoms with Gasteiger partial charge in [-0.1, -0.05) is 75.7 Å². The van der Waals surface area contributed by atoms with Gasteiger partial charge in [0.05, 0.1) is 17.5 Å². The van der Waals surface area contributed by atoms with Gasteiger partial charge in [-0.3, -0.25) is 14.5 Å². The molecule has 5 rings (SSSR count). The molecular formula is C37H46FN3O2.